The van der Waals surface area contributed by atoms with E-state index in [1.807, 2.05) is 20.8 Å². The average molecular weight is 244 g/mol. The van der Waals surface area contributed by atoms with E-state index in [0.29, 0.717) is 0 Å². The van der Waals surface area contributed by atoms with Crippen molar-refractivity contribution in [1.82, 2.24) is 10.2 Å². The van der Waals surface area contributed by atoms with Gasteiger partial charge in [-0.05, 0) is 5.41 Å². The maximum Gasteiger partial charge on any atom is 0.326 e. The molecular formula is C11H20N2O4. The summed E-state index contributed by atoms with van der Waals surface area (Å²) < 4.78 is 0. The first-order valence-corrected chi connectivity index (χ1v) is 5.64. The van der Waals surface area contributed by atoms with Crippen LogP contribution in [-0.4, -0.2) is 45.9 Å². The zero-order valence-corrected chi connectivity index (χ0v) is 10.4. The van der Waals surface area contributed by atoms with Gasteiger partial charge in [-0.3, -0.25) is 10.1 Å². The van der Waals surface area contributed by atoms with Crippen molar-refractivity contribution in [2.24, 2.45) is 5.41 Å². The minimum absolute atomic E-state index is 0.0191. The molecule has 2 atom stereocenters. The lowest BCUT2D eigenvalue weighted by atomic mass is 9.91. The first-order chi connectivity index (χ1) is 7.70. The summed E-state index contributed by atoms with van der Waals surface area (Å²) in [4.78, 5) is 24.3. The number of hydrogen-bond donors (Lipinski definition) is 3. The Morgan fingerprint density at radius 3 is 2.47 bits per heavy atom. The van der Waals surface area contributed by atoms with Crippen LogP contribution in [0.4, 0.5) is 0 Å². The minimum Gasteiger partial charge on any atom is -0.480 e. The van der Waals surface area contributed by atoms with Gasteiger partial charge in [-0.2, -0.15) is 0 Å². The van der Waals surface area contributed by atoms with Crippen LogP contribution in [0.1, 0.15) is 33.6 Å². The van der Waals surface area contributed by atoms with Crippen molar-refractivity contribution in [3.8, 4) is 0 Å². The molecule has 2 unspecified atom stereocenters. The van der Waals surface area contributed by atoms with Crippen LogP contribution in [0.5, 0.6) is 0 Å². The monoisotopic (exact) mass is 244 g/mol. The zero-order valence-electron chi connectivity index (χ0n) is 10.4. The predicted octanol–water partition coefficient (Wildman–Crippen LogP) is -0.0264. The third kappa shape index (κ3) is 3.98. The van der Waals surface area contributed by atoms with Gasteiger partial charge in [0.15, 0.2) is 0 Å². The molecule has 1 saturated heterocycles. The van der Waals surface area contributed by atoms with E-state index in [-0.39, 0.29) is 30.8 Å². The fourth-order valence-electron chi connectivity index (χ4n) is 1.79. The quantitative estimate of drug-likeness (QED) is 0.635. The largest absolute Gasteiger partial charge is 0.480 e. The summed E-state index contributed by atoms with van der Waals surface area (Å²) >= 11 is 0. The number of carboxylic acid groups (broad SMARTS) is 1. The molecule has 0 aromatic carbocycles. The average Bonchev–Trinajstić information content (AvgIpc) is 2.14. The summed E-state index contributed by atoms with van der Waals surface area (Å²) in [6.45, 7) is 5.85. The fraction of sp³-hybridized carbons (Fsp3) is 0.818. The van der Waals surface area contributed by atoms with E-state index in [9.17, 15) is 14.7 Å². The molecule has 0 aromatic rings. The van der Waals surface area contributed by atoms with Gasteiger partial charge in [0.05, 0.1) is 6.67 Å². The number of rotatable bonds is 2. The Morgan fingerprint density at radius 1 is 1.41 bits per heavy atom. The highest BCUT2D eigenvalue weighted by Crippen LogP contribution is 2.22. The molecule has 0 aromatic heterocycles. The molecule has 1 heterocycles. The van der Waals surface area contributed by atoms with E-state index in [2.05, 4.69) is 5.32 Å². The number of aliphatic carboxylic acids is 1. The summed E-state index contributed by atoms with van der Waals surface area (Å²) in [5.74, 6) is -1.28. The van der Waals surface area contributed by atoms with Gasteiger partial charge in [0.25, 0.3) is 0 Å². The van der Waals surface area contributed by atoms with E-state index in [4.69, 9.17) is 5.11 Å². The lowest BCUT2D eigenvalue weighted by Gasteiger charge is -2.37. The number of aliphatic hydroxyl groups is 1. The van der Waals surface area contributed by atoms with Crippen LogP contribution in [0.15, 0.2) is 0 Å². The Kier molecular flexibility index (Phi) is 4.11. The highest BCUT2D eigenvalue weighted by Gasteiger charge is 2.36. The fourth-order valence-corrected chi connectivity index (χ4v) is 1.79. The number of aliphatic hydroxyl groups excluding tert-OH is 1. The maximum absolute atomic E-state index is 12.0. The molecule has 0 aliphatic carbocycles. The topological polar surface area (TPSA) is 89.9 Å². The van der Waals surface area contributed by atoms with Crippen molar-refractivity contribution in [2.75, 3.05) is 6.67 Å². The SMILES string of the molecule is CC(C)(C)CC(=O)N1CNC(O)CC1C(=O)O. The molecule has 1 rings (SSSR count). The smallest absolute Gasteiger partial charge is 0.326 e. The second kappa shape index (κ2) is 5.01. The standard InChI is InChI=1S/C11H20N2O4/c1-11(2,3)5-9(15)13-6-12-8(14)4-7(13)10(16)17/h7-8,12,14H,4-6H2,1-3H3,(H,16,17). The Morgan fingerprint density at radius 2 is 2.00 bits per heavy atom. The van der Waals surface area contributed by atoms with Crippen LogP contribution in [0, 0.1) is 5.41 Å². The van der Waals surface area contributed by atoms with Crippen LogP contribution >= 0.6 is 0 Å². The summed E-state index contributed by atoms with van der Waals surface area (Å²) in [6, 6.07) is -0.943. The molecule has 0 saturated carbocycles. The third-order valence-electron chi connectivity index (χ3n) is 2.61. The molecule has 17 heavy (non-hydrogen) atoms. The molecular weight excluding hydrogens is 224 g/mol. The Hall–Kier alpha value is -1.14. The molecule has 6 heteroatoms. The summed E-state index contributed by atoms with van der Waals surface area (Å²) in [7, 11) is 0. The molecule has 1 aliphatic heterocycles. The first-order valence-electron chi connectivity index (χ1n) is 5.64. The van der Waals surface area contributed by atoms with Gasteiger partial charge in [-0.25, -0.2) is 4.79 Å². The van der Waals surface area contributed by atoms with E-state index in [1.54, 1.807) is 0 Å². The second-order valence-corrected chi connectivity index (χ2v) is 5.57. The Labute approximate surface area is 101 Å². The van der Waals surface area contributed by atoms with Crippen LogP contribution in [-0.2, 0) is 9.59 Å². The summed E-state index contributed by atoms with van der Waals surface area (Å²) in [5, 5.41) is 21.1. The molecule has 6 nitrogen and oxygen atoms in total. The molecule has 98 valence electrons. The van der Waals surface area contributed by atoms with Gasteiger partial charge in [-0.1, -0.05) is 20.8 Å². The molecule has 0 radical (unpaired) electrons. The number of nitrogens with one attached hydrogen (secondary N) is 1. The number of nitrogens with zero attached hydrogens (tertiary/aromatic N) is 1. The van der Waals surface area contributed by atoms with Gasteiger partial charge in [0.1, 0.15) is 12.3 Å². The number of amides is 1. The number of hydrogen-bond acceptors (Lipinski definition) is 4. The molecule has 0 spiro atoms. The van der Waals surface area contributed by atoms with Crippen molar-refractivity contribution in [3.63, 3.8) is 0 Å². The molecule has 3 N–H and O–H groups in total. The molecule has 1 fully saturated rings. The van der Waals surface area contributed by atoms with Gasteiger partial charge < -0.3 is 15.1 Å². The highest BCUT2D eigenvalue weighted by molar-refractivity contribution is 5.84. The molecule has 1 amide bonds. The van der Waals surface area contributed by atoms with E-state index < -0.39 is 18.2 Å². The van der Waals surface area contributed by atoms with Gasteiger partial charge in [0, 0.05) is 12.8 Å². The van der Waals surface area contributed by atoms with E-state index in [0.717, 1.165) is 0 Å². The van der Waals surface area contributed by atoms with Crippen LogP contribution in [0.25, 0.3) is 0 Å². The highest BCUT2D eigenvalue weighted by atomic mass is 16.4. The van der Waals surface area contributed by atoms with Gasteiger partial charge in [-0.15, -0.1) is 0 Å². The lowest BCUT2D eigenvalue weighted by molar-refractivity contribution is -0.156. The van der Waals surface area contributed by atoms with Gasteiger partial charge >= 0.3 is 5.97 Å². The van der Waals surface area contributed by atoms with Crippen molar-refractivity contribution < 1.29 is 19.8 Å². The van der Waals surface area contributed by atoms with Gasteiger partial charge in [0.2, 0.25) is 5.91 Å². The number of carboxylic acids is 1. The van der Waals surface area contributed by atoms with E-state index >= 15 is 0 Å². The lowest BCUT2D eigenvalue weighted by Crippen LogP contribution is -2.58. The summed E-state index contributed by atoms with van der Waals surface area (Å²) in [5.41, 5.74) is -0.184. The molecule has 1 aliphatic rings. The van der Waals surface area contributed by atoms with Crippen molar-refractivity contribution in [2.45, 2.75) is 45.9 Å². The molecule has 0 bridgehead atoms. The van der Waals surface area contributed by atoms with E-state index in [1.165, 1.54) is 4.90 Å². The van der Waals surface area contributed by atoms with Crippen LogP contribution in [0.2, 0.25) is 0 Å². The zero-order chi connectivity index (χ0) is 13.2. The number of carbonyl (C=O) groups is 2. The predicted molar refractivity (Wildman–Crippen MR) is 61.0 cm³/mol. The summed E-state index contributed by atoms with van der Waals surface area (Å²) in [6.07, 6.45) is -0.561. The number of carbonyl (C=O) groups excluding carboxylic acids is 1. The normalized spacial score (nSPS) is 25.8. The maximum atomic E-state index is 12.0. The van der Waals surface area contributed by atoms with Crippen LogP contribution in [0.3, 0.4) is 0 Å². The minimum atomic E-state index is -1.08. The van der Waals surface area contributed by atoms with Crippen LogP contribution < -0.4 is 5.32 Å². The first kappa shape index (κ1) is 13.9. The second-order valence-electron chi connectivity index (χ2n) is 5.57. The third-order valence-corrected chi connectivity index (χ3v) is 2.61. The Bertz CT molecular complexity index is 311. The van der Waals surface area contributed by atoms with Crippen molar-refractivity contribution >= 4 is 11.9 Å². The Balaban J connectivity index is 2.73. The van der Waals surface area contributed by atoms with Crippen molar-refractivity contribution in [3.05, 3.63) is 0 Å². The van der Waals surface area contributed by atoms with Crippen molar-refractivity contribution in [1.29, 1.82) is 0 Å².